The SMILES string of the molecule is CC(=O)[C@H]1C(C)=CC(=O)c2c1c(-c1c3c(c(O)c4c(O)cccc14)C(=O)C[C@@](C)(O)[C@@H]3C(C)=O)c1cccc(O)c1c2O. The van der Waals surface area contributed by atoms with E-state index in [1.807, 2.05) is 0 Å². The normalized spacial score (nSPS) is 21.5. The highest BCUT2D eigenvalue weighted by Crippen LogP contribution is 2.57. The average molecular weight is 581 g/mol. The Balaban J connectivity index is 2.01. The molecule has 0 spiro atoms. The summed E-state index contributed by atoms with van der Waals surface area (Å²) in [6.45, 7) is 5.52. The van der Waals surface area contributed by atoms with Gasteiger partial charge in [-0.15, -0.1) is 0 Å². The number of ketones is 4. The number of phenols is 4. The molecule has 0 saturated heterocycles. The second-order valence-corrected chi connectivity index (χ2v) is 11.7. The standard InChI is InChI=1S/C34H28O9/c1-13-11-20(39)27-29(22(13)14(2)35)25(16-7-5-9-18(37)23(16)32(27)41)26-17-8-6-10-19(38)24(17)33(42)28-21(40)12-34(4,43)31(15(3)36)30(26)28/h5-11,22,31,37-38,41-43H,12H2,1-4H3/t22-,31-,34-/m1/s1. The van der Waals surface area contributed by atoms with Gasteiger partial charge in [-0.2, -0.15) is 0 Å². The molecule has 0 radical (unpaired) electrons. The van der Waals surface area contributed by atoms with Crippen molar-refractivity contribution in [3.8, 4) is 34.1 Å². The van der Waals surface area contributed by atoms with E-state index in [-0.39, 0.29) is 72.2 Å². The number of hydrogen-bond donors (Lipinski definition) is 5. The fourth-order valence-corrected chi connectivity index (χ4v) is 7.27. The first kappa shape index (κ1) is 28.1. The van der Waals surface area contributed by atoms with Gasteiger partial charge in [-0.25, -0.2) is 0 Å². The van der Waals surface area contributed by atoms with Crippen LogP contribution in [-0.2, 0) is 9.59 Å². The van der Waals surface area contributed by atoms with E-state index in [4.69, 9.17) is 0 Å². The van der Waals surface area contributed by atoms with Crippen LogP contribution >= 0.6 is 0 Å². The van der Waals surface area contributed by atoms with Crippen LogP contribution in [0.25, 0.3) is 32.7 Å². The molecule has 2 aliphatic rings. The lowest BCUT2D eigenvalue weighted by molar-refractivity contribution is -0.124. The van der Waals surface area contributed by atoms with Crippen molar-refractivity contribution in [2.24, 2.45) is 0 Å². The number of phenolic OH excluding ortho intramolecular Hbond substituents is 4. The van der Waals surface area contributed by atoms with Crippen molar-refractivity contribution >= 4 is 44.7 Å². The molecule has 9 nitrogen and oxygen atoms in total. The number of rotatable bonds is 3. The predicted molar refractivity (Wildman–Crippen MR) is 158 cm³/mol. The number of aromatic hydroxyl groups is 4. The van der Waals surface area contributed by atoms with Crippen molar-refractivity contribution < 1.29 is 44.7 Å². The zero-order valence-electron chi connectivity index (χ0n) is 23.8. The van der Waals surface area contributed by atoms with Gasteiger partial charge in [-0.05, 0) is 78.9 Å². The summed E-state index contributed by atoms with van der Waals surface area (Å²) in [4.78, 5) is 53.8. The molecule has 9 heteroatoms. The van der Waals surface area contributed by atoms with E-state index in [0.29, 0.717) is 5.57 Å². The van der Waals surface area contributed by atoms with Crippen LogP contribution in [0.1, 0.15) is 77.8 Å². The van der Waals surface area contributed by atoms with Crippen LogP contribution in [0.15, 0.2) is 48.0 Å². The molecule has 0 saturated carbocycles. The highest BCUT2D eigenvalue weighted by molar-refractivity contribution is 6.24. The summed E-state index contributed by atoms with van der Waals surface area (Å²) >= 11 is 0. The summed E-state index contributed by atoms with van der Waals surface area (Å²) in [5.74, 6) is -6.46. The minimum atomic E-state index is -1.89. The van der Waals surface area contributed by atoms with E-state index in [2.05, 4.69) is 0 Å². The number of Topliss-reactive ketones (excluding diaryl/α,β-unsaturated/α-hetero) is 3. The molecule has 0 aromatic heterocycles. The van der Waals surface area contributed by atoms with Gasteiger partial charge in [-0.3, -0.25) is 19.2 Å². The molecule has 6 rings (SSSR count). The molecule has 0 aliphatic heterocycles. The monoisotopic (exact) mass is 580 g/mol. The number of carbonyl (C=O) groups is 4. The van der Waals surface area contributed by atoms with Gasteiger partial charge in [0.25, 0.3) is 0 Å². The average Bonchev–Trinajstić information content (AvgIpc) is 2.88. The predicted octanol–water partition coefficient (Wildman–Crippen LogP) is 5.31. The van der Waals surface area contributed by atoms with Crippen molar-refractivity contribution in [2.45, 2.75) is 51.6 Å². The number of allylic oxidation sites excluding steroid dienone is 2. The largest absolute Gasteiger partial charge is 0.507 e. The van der Waals surface area contributed by atoms with Gasteiger partial charge in [0.05, 0.1) is 39.3 Å². The summed E-state index contributed by atoms with van der Waals surface area (Å²) in [6, 6.07) is 8.72. The molecule has 2 aliphatic carbocycles. The first-order chi connectivity index (χ1) is 20.2. The molecule has 4 aromatic rings. The molecule has 0 amide bonds. The second kappa shape index (κ2) is 9.24. The maximum atomic E-state index is 13.7. The maximum Gasteiger partial charge on any atom is 0.189 e. The number of hydrogen-bond acceptors (Lipinski definition) is 9. The van der Waals surface area contributed by atoms with Crippen molar-refractivity contribution in [3.05, 3.63) is 70.3 Å². The fraction of sp³-hybridized carbons (Fsp3) is 0.235. The topological polar surface area (TPSA) is 169 Å². The van der Waals surface area contributed by atoms with E-state index in [0.717, 1.165) is 0 Å². The molecular formula is C34H28O9. The molecular weight excluding hydrogens is 552 g/mol. The Hall–Kier alpha value is -5.02. The molecule has 43 heavy (non-hydrogen) atoms. The quantitative estimate of drug-likeness (QED) is 0.216. The Morgan fingerprint density at radius 1 is 0.767 bits per heavy atom. The zero-order chi connectivity index (χ0) is 31.3. The van der Waals surface area contributed by atoms with Gasteiger partial charge in [0.15, 0.2) is 11.6 Å². The third-order valence-electron chi connectivity index (χ3n) is 8.77. The van der Waals surface area contributed by atoms with Crippen LogP contribution < -0.4 is 0 Å². The van der Waals surface area contributed by atoms with E-state index in [1.54, 1.807) is 19.1 Å². The number of carbonyl (C=O) groups excluding carboxylic acids is 4. The second-order valence-electron chi connectivity index (χ2n) is 11.7. The van der Waals surface area contributed by atoms with Crippen molar-refractivity contribution in [1.82, 2.24) is 0 Å². The molecule has 0 bridgehead atoms. The van der Waals surface area contributed by atoms with Gasteiger partial charge < -0.3 is 25.5 Å². The molecule has 5 N–H and O–H groups in total. The Morgan fingerprint density at radius 2 is 1.28 bits per heavy atom. The summed E-state index contributed by atoms with van der Waals surface area (Å²) < 4.78 is 0. The van der Waals surface area contributed by atoms with Crippen LogP contribution in [0.4, 0.5) is 0 Å². The van der Waals surface area contributed by atoms with Crippen LogP contribution in [0.2, 0.25) is 0 Å². The van der Waals surface area contributed by atoms with Crippen molar-refractivity contribution in [3.63, 3.8) is 0 Å². The minimum absolute atomic E-state index is 0.0381. The lowest BCUT2D eigenvalue weighted by Gasteiger charge is -2.39. The van der Waals surface area contributed by atoms with Crippen LogP contribution in [0.5, 0.6) is 23.0 Å². The maximum absolute atomic E-state index is 13.7. The van der Waals surface area contributed by atoms with E-state index in [9.17, 15) is 44.7 Å². The van der Waals surface area contributed by atoms with Crippen molar-refractivity contribution in [2.75, 3.05) is 0 Å². The molecule has 218 valence electrons. The number of benzene rings is 4. The van der Waals surface area contributed by atoms with Crippen LogP contribution in [0.3, 0.4) is 0 Å². The summed E-state index contributed by atoms with van der Waals surface area (Å²) in [5, 5.41) is 56.5. The van der Waals surface area contributed by atoms with E-state index < -0.39 is 52.7 Å². The first-order valence-corrected chi connectivity index (χ1v) is 13.7. The van der Waals surface area contributed by atoms with Gasteiger partial charge >= 0.3 is 0 Å². The number of fused-ring (bicyclic) bond motifs is 4. The Bertz CT molecular complexity index is 2030. The molecule has 3 atom stereocenters. The fourth-order valence-electron chi connectivity index (χ4n) is 7.27. The lowest BCUT2D eigenvalue weighted by Crippen LogP contribution is -2.43. The van der Waals surface area contributed by atoms with Gasteiger partial charge in [0, 0.05) is 6.42 Å². The lowest BCUT2D eigenvalue weighted by atomic mass is 9.65. The first-order valence-electron chi connectivity index (χ1n) is 13.7. The third-order valence-corrected chi connectivity index (χ3v) is 8.77. The third kappa shape index (κ3) is 3.74. The molecule has 0 fully saturated rings. The van der Waals surface area contributed by atoms with Crippen LogP contribution in [0, 0.1) is 0 Å². The highest BCUT2D eigenvalue weighted by atomic mass is 16.3. The summed E-state index contributed by atoms with van der Waals surface area (Å²) in [7, 11) is 0. The molecule has 0 unspecified atom stereocenters. The van der Waals surface area contributed by atoms with E-state index >= 15 is 0 Å². The highest BCUT2D eigenvalue weighted by Gasteiger charge is 2.49. The van der Waals surface area contributed by atoms with Gasteiger partial charge in [0.1, 0.15) is 34.6 Å². The van der Waals surface area contributed by atoms with E-state index in [1.165, 1.54) is 51.1 Å². The smallest absolute Gasteiger partial charge is 0.189 e. The number of aliphatic hydroxyl groups is 1. The van der Waals surface area contributed by atoms with Gasteiger partial charge in [-0.1, -0.05) is 29.8 Å². The molecule has 4 aromatic carbocycles. The Labute approximate surface area is 245 Å². The van der Waals surface area contributed by atoms with Crippen molar-refractivity contribution in [1.29, 1.82) is 0 Å². The summed E-state index contributed by atoms with van der Waals surface area (Å²) in [5.41, 5.74) is -1.72. The molecule has 0 heterocycles. The Morgan fingerprint density at radius 3 is 1.79 bits per heavy atom. The van der Waals surface area contributed by atoms with Crippen LogP contribution in [-0.4, -0.2) is 54.3 Å². The summed E-state index contributed by atoms with van der Waals surface area (Å²) in [6.07, 6.45) is 0.745. The van der Waals surface area contributed by atoms with Gasteiger partial charge in [0.2, 0.25) is 0 Å². The minimum Gasteiger partial charge on any atom is -0.507 e. The zero-order valence-corrected chi connectivity index (χ0v) is 23.8. The Kier molecular flexibility index (Phi) is 6.04.